The van der Waals surface area contributed by atoms with Crippen molar-refractivity contribution in [3.63, 3.8) is 0 Å². The zero-order chi connectivity index (χ0) is 19.9. The summed E-state index contributed by atoms with van der Waals surface area (Å²) in [5, 5.41) is 18.3. The summed E-state index contributed by atoms with van der Waals surface area (Å²) in [5.41, 5.74) is 0.711. The Morgan fingerprint density at radius 2 is 1.52 bits per heavy atom. The summed E-state index contributed by atoms with van der Waals surface area (Å²) in [6, 6.07) is 13.6. The van der Waals surface area contributed by atoms with Crippen molar-refractivity contribution in [1.29, 1.82) is 0 Å². The first kappa shape index (κ1) is 20.3. The Labute approximate surface area is 157 Å². The van der Waals surface area contributed by atoms with Crippen molar-refractivity contribution in [2.75, 3.05) is 20.8 Å². The van der Waals surface area contributed by atoms with Crippen molar-refractivity contribution in [2.24, 2.45) is 10.2 Å². The van der Waals surface area contributed by atoms with Gasteiger partial charge in [-0.2, -0.15) is 10.2 Å². The second-order valence-corrected chi connectivity index (χ2v) is 6.19. The Kier molecular flexibility index (Phi) is 6.79. The summed E-state index contributed by atoms with van der Waals surface area (Å²) in [7, 11) is 2.60. The van der Waals surface area contributed by atoms with Crippen LogP contribution in [0.4, 0.5) is 5.69 Å². The quantitative estimate of drug-likeness (QED) is 0.595. The van der Waals surface area contributed by atoms with Crippen LogP contribution < -0.4 is 0 Å². The molecule has 0 aromatic heterocycles. The number of benzene rings is 2. The van der Waals surface area contributed by atoms with Crippen LogP contribution in [0.3, 0.4) is 0 Å². The van der Waals surface area contributed by atoms with Gasteiger partial charge in [0.1, 0.15) is 5.54 Å². The smallest absolute Gasteiger partial charge is 0.340 e. The lowest BCUT2D eigenvalue weighted by atomic mass is 9.91. The maximum atomic E-state index is 12.0. The van der Waals surface area contributed by atoms with E-state index in [1.807, 2.05) is 0 Å². The number of carbonyl (C=O) groups excluding carboxylic acids is 2. The fourth-order valence-electron chi connectivity index (χ4n) is 2.53. The Balaban J connectivity index is 2.33. The first-order chi connectivity index (χ1) is 12.9. The molecule has 2 rings (SSSR count). The fourth-order valence-corrected chi connectivity index (χ4v) is 2.53. The number of ether oxygens (including phenoxy) is 2. The molecule has 7 nitrogen and oxygen atoms in total. The number of aliphatic hydroxyl groups is 1. The van der Waals surface area contributed by atoms with E-state index in [1.165, 1.54) is 14.2 Å². The van der Waals surface area contributed by atoms with Crippen LogP contribution in [0.1, 0.15) is 33.2 Å². The highest BCUT2D eigenvalue weighted by molar-refractivity contribution is 5.94. The van der Waals surface area contributed by atoms with Crippen molar-refractivity contribution in [2.45, 2.75) is 18.9 Å². The largest absolute Gasteiger partial charge is 0.465 e. The molecule has 27 heavy (non-hydrogen) atoms. The number of esters is 2. The van der Waals surface area contributed by atoms with E-state index in [4.69, 9.17) is 9.47 Å². The summed E-state index contributed by atoms with van der Waals surface area (Å²) in [5.74, 6) is -0.981. The SMILES string of the molecule is COC(=O)c1ccccc1CC(C)(CO)N=Nc1ccccc1C(=O)OC. The van der Waals surface area contributed by atoms with Crippen LogP contribution in [-0.2, 0) is 15.9 Å². The molecule has 0 saturated carbocycles. The van der Waals surface area contributed by atoms with Gasteiger partial charge in [0.25, 0.3) is 0 Å². The van der Waals surface area contributed by atoms with Gasteiger partial charge < -0.3 is 14.6 Å². The number of methoxy groups -OCH3 is 2. The average Bonchev–Trinajstić information content (AvgIpc) is 2.71. The average molecular weight is 370 g/mol. The molecule has 0 heterocycles. The molecule has 0 radical (unpaired) electrons. The van der Waals surface area contributed by atoms with Gasteiger partial charge in [-0.15, -0.1) is 0 Å². The molecule has 0 saturated heterocycles. The first-order valence-electron chi connectivity index (χ1n) is 8.31. The van der Waals surface area contributed by atoms with E-state index in [-0.39, 0.29) is 18.6 Å². The van der Waals surface area contributed by atoms with Gasteiger partial charge in [0, 0.05) is 6.42 Å². The Hall–Kier alpha value is -3.06. The molecule has 0 aliphatic carbocycles. The lowest BCUT2D eigenvalue weighted by molar-refractivity contribution is 0.0590. The van der Waals surface area contributed by atoms with Crippen LogP contribution in [0.25, 0.3) is 0 Å². The predicted octanol–water partition coefficient (Wildman–Crippen LogP) is 3.34. The molecule has 1 atom stereocenters. The standard InChI is InChI=1S/C20H22N2O5/c1-20(13-23,12-14-8-4-5-9-15(14)18(24)26-2)22-21-17-11-7-6-10-16(17)19(25)27-3/h4-11,23H,12-13H2,1-3H3. The van der Waals surface area contributed by atoms with Crippen molar-refractivity contribution < 1.29 is 24.2 Å². The van der Waals surface area contributed by atoms with E-state index in [9.17, 15) is 14.7 Å². The number of rotatable bonds is 7. The zero-order valence-electron chi connectivity index (χ0n) is 15.5. The molecule has 0 bridgehead atoms. The molecule has 142 valence electrons. The minimum Gasteiger partial charge on any atom is -0.465 e. The third-order valence-corrected chi connectivity index (χ3v) is 4.04. The van der Waals surface area contributed by atoms with Gasteiger partial charge in [-0.1, -0.05) is 30.3 Å². The van der Waals surface area contributed by atoms with Crippen LogP contribution >= 0.6 is 0 Å². The summed E-state index contributed by atoms with van der Waals surface area (Å²) in [6.45, 7) is 1.41. The molecular formula is C20H22N2O5. The van der Waals surface area contributed by atoms with Gasteiger partial charge in [0.05, 0.1) is 37.6 Å². The molecule has 0 aliphatic rings. The molecule has 0 amide bonds. The summed E-state index contributed by atoms with van der Waals surface area (Å²) < 4.78 is 9.55. The van der Waals surface area contributed by atoms with Crippen LogP contribution in [-0.4, -0.2) is 43.4 Å². The van der Waals surface area contributed by atoms with Gasteiger partial charge in [-0.3, -0.25) is 0 Å². The highest BCUT2D eigenvalue weighted by Crippen LogP contribution is 2.25. The summed E-state index contributed by atoms with van der Waals surface area (Å²) in [4.78, 5) is 23.8. The monoisotopic (exact) mass is 370 g/mol. The number of nitrogens with zero attached hydrogens (tertiary/aromatic N) is 2. The number of azo groups is 1. The third-order valence-electron chi connectivity index (χ3n) is 4.04. The Morgan fingerprint density at radius 3 is 2.15 bits per heavy atom. The van der Waals surface area contributed by atoms with Crippen molar-refractivity contribution in [1.82, 2.24) is 0 Å². The van der Waals surface area contributed by atoms with E-state index in [0.717, 1.165) is 0 Å². The lowest BCUT2D eigenvalue weighted by Crippen LogP contribution is -2.30. The number of aliphatic hydroxyl groups excluding tert-OH is 1. The zero-order valence-corrected chi connectivity index (χ0v) is 15.5. The van der Waals surface area contributed by atoms with E-state index in [0.29, 0.717) is 16.8 Å². The van der Waals surface area contributed by atoms with Crippen LogP contribution in [0.2, 0.25) is 0 Å². The Bertz CT molecular complexity index is 850. The van der Waals surface area contributed by atoms with Crippen LogP contribution in [0, 0.1) is 0 Å². The number of hydrogen-bond acceptors (Lipinski definition) is 7. The molecule has 7 heteroatoms. The van der Waals surface area contributed by atoms with Gasteiger partial charge in [-0.25, -0.2) is 9.59 Å². The van der Waals surface area contributed by atoms with Crippen molar-refractivity contribution in [3.05, 3.63) is 65.2 Å². The maximum Gasteiger partial charge on any atom is 0.340 e. The van der Waals surface area contributed by atoms with Gasteiger partial charge >= 0.3 is 11.9 Å². The predicted molar refractivity (Wildman–Crippen MR) is 99.3 cm³/mol. The molecule has 1 N–H and O–H groups in total. The summed E-state index contributed by atoms with van der Waals surface area (Å²) >= 11 is 0. The fraction of sp³-hybridized carbons (Fsp3) is 0.300. The van der Waals surface area contributed by atoms with E-state index in [2.05, 4.69) is 10.2 Å². The molecule has 2 aromatic rings. The lowest BCUT2D eigenvalue weighted by Gasteiger charge is -2.22. The minimum atomic E-state index is -0.993. The van der Waals surface area contributed by atoms with Gasteiger partial charge in [-0.05, 0) is 30.7 Å². The molecular weight excluding hydrogens is 348 g/mol. The van der Waals surface area contributed by atoms with Crippen LogP contribution in [0.15, 0.2) is 58.8 Å². The second-order valence-electron chi connectivity index (χ2n) is 6.19. The highest BCUT2D eigenvalue weighted by atomic mass is 16.5. The Morgan fingerprint density at radius 1 is 0.963 bits per heavy atom. The molecule has 0 aliphatic heterocycles. The number of hydrogen-bond donors (Lipinski definition) is 1. The second kappa shape index (κ2) is 9.05. The van der Waals surface area contributed by atoms with Gasteiger partial charge in [0.2, 0.25) is 0 Å². The maximum absolute atomic E-state index is 12.0. The third kappa shape index (κ3) is 4.98. The van der Waals surface area contributed by atoms with E-state index in [1.54, 1.807) is 55.5 Å². The van der Waals surface area contributed by atoms with Crippen molar-refractivity contribution in [3.8, 4) is 0 Å². The summed E-state index contributed by atoms with van der Waals surface area (Å²) in [6.07, 6.45) is 0.263. The van der Waals surface area contributed by atoms with E-state index >= 15 is 0 Å². The van der Waals surface area contributed by atoms with Crippen molar-refractivity contribution >= 4 is 17.6 Å². The van der Waals surface area contributed by atoms with Gasteiger partial charge in [0.15, 0.2) is 0 Å². The molecule has 0 spiro atoms. The minimum absolute atomic E-state index is 0.263. The highest BCUT2D eigenvalue weighted by Gasteiger charge is 2.26. The topological polar surface area (TPSA) is 97.5 Å². The number of carbonyl (C=O) groups is 2. The molecule has 0 fully saturated rings. The molecule has 1 unspecified atom stereocenters. The first-order valence-corrected chi connectivity index (χ1v) is 8.31. The molecule has 2 aromatic carbocycles. The van der Waals surface area contributed by atoms with E-state index < -0.39 is 17.5 Å². The van der Waals surface area contributed by atoms with Crippen LogP contribution in [0.5, 0.6) is 0 Å². The normalized spacial score (nSPS) is 13.2.